The molecule has 1 aliphatic rings. The molecule has 1 aliphatic heterocycles. The molecule has 52 valence electrons. The Morgan fingerprint density at radius 1 is 1.50 bits per heavy atom. The zero-order chi connectivity index (χ0) is 7.56. The van der Waals surface area contributed by atoms with Crippen LogP contribution in [0.15, 0.2) is 0 Å². The van der Waals surface area contributed by atoms with Gasteiger partial charge in [0.25, 0.3) is 0 Å². The highest BCUT2D eigenvalue weighted by molar-refractivity contribution is 6.64. The lowest BCUT2D eigenvalue weighted by Crippen LogP contribution is -2.54. The number of carbonyl (C=O) groups is 2. The third-order valence-electron chi connectivity index (χ3n) is 1.05. The Balaban J connectivity index is 2.89. The van der Waals surface area contributed by atoms with E-state index in [-0.39, 0.29) is 12.3 Å². The van der Waals surface area contributed by atoms with Crippen molar-refractivity contribution in [3.8, 4) is 0 Å². The van der Waals surface area contributed by atoms with Crippen LogP contribution in [0.3, 0.4) is 0 Å². The van der Waals surface area contributed by atoms with Crippen molar-refractivity contribution in [2.75, 3.05) is 6.54 Å². The molecule has 1 saturated heterocycles. The van der Waals surface area contributed by atoms with Crippen LogP contribution in [0.4, 0.5) is 0 Å². The summed E-state index contributed by atoms with van der Waals surface area (Å²) in [6.45, 7) is 0.0566. The van der Waals surface area contributed by atoms with Gasteiger partial charge in [-0.2, -0.15) is 4.79 Å². The molecule has 0 saturated carbocycles. The number of hydrazine groups is 1. The second-order valence-electron chi connectivity index (χ2n) is 1.68. The van der Waals surface area contributed by atoms with Crippen molar-refractivity contribution in [1.82, 2.24) is 10.9 Å². The topological polar surface area (TPSA) is 94.6 Å². The molecular weight excluding hydrogens is 136 g/mol. The van der Waals surface area contributed by atoms with E-state index in [4.69, 9.17) is 5.53 Å². The van der Waals surface area contributed by atoms with E-state index in [2.05, 4.69) is 15.6 Å². The van der Waals surface area contributed by atoms with E-state index in [9.17, 15) is 9.59 Å². The molecule has 0 radical (unpaired) electrons. The van der Waals surface area contributed by atoms with Gasteiger partial charge in [-0.1, -0.05) is 0 Å². The molecule has 2 N–H and O–H groups in total. The van der Waals surface area contributed by atoms with Gasteiger partial charge in [0.05, 0.1) is 0 Å². The molecule has 1 amide bonds. The fourth-order valence-corrected chi connectivity index (χ4v) is 0.557. The highest BCUT2D eigenvalue weighted by Gasteiger charge is 2.31. The highest BCUT2D eigenvalue weighted by Crippen LogP contribution is 1.80. The summed E-state index contributed by atoms with van der Waals surface area (Å²) >= 11 is 0. The van der Waals surface area contributed by atoms with Gasteiger partial charge in [0.2, 0.25) is 0 Å². The smallest absolute Gasteiger partial charge is 0.360 e. The van der Waals surface area contributed by atoms with Gasteiger partial charge in [0.15, 0.2) is 0 Å². The Morgan fingerprint density at radius 2 is 2.20 bits per heavy atom. The monoisotopic (exact) mass is 140 g/mol. The van der Waals surface area contributed by atoms with Crippen LogP contribution >= 0.6 is 0 Å². The lowest BCUT2D eigenvalue weighted by Gasteiger charge is -2.06. The molecular formula is C4H4N4O2. The largest absolute Gasteiger partial charge is 0.361 e. The predicted octanol–water partition coefficient (Wildman–Crippen LogP) is -2.14. The number of carbonyl (C=O) groups excluding carboxylic acids is 2. The molecule has 0 bridgehead atoms. The van der Waals surface area contributed by atoms with Crippen LogP contribution in [-0.2, 0) is 9.59 Å². The minimum atomic E-state index is -0.806. The molecule has 6 heteroatoms. The van der Waals surface area contributed by atoms with Crippen molar-refractivity contribution in [1.29, 1.82) is 0 Å². The molecule has 0 atom stereocenters. The van der Waals surface area contributed by atoms with Crippen molar-refractivity contribution in [3.05, 3.63) is 5.53 Å². The first-order valence-electron chi connectivity index (χ1n) is 2.54. The Hall–Kier alpha value is -1.52. The maximum absolute atomic E-state index is 10.6. The van der Waals surface area contributed by atoms with E-state index >= 15 is 0 Å². The summed E-state index contributed by atoms with van der Waals surface area (Å²) in [5.41, 5.74) is 12.4. The summed E-state index contributed by atoms with van der Waals surface area (Å²) in [5, 5.41) is 0. The zero-order valence-electron chi connectivity index (χ0n) is 4.92. The van der Waals surface area contributed by atoms with Crippen LogP contribution in [0.1, 0.15) is 0 Å². The lowest BCUT2D eigenvalue weighted by molar-refractivity contribution is -0.138. The molecule has 1 fully saturated rings. The van der Waals surface area contributed by atoms with Crippen molar-refractivity contribution in [2.24, 2.45) is 0 Å². The van der Waals surface area contributed by atoms with Crippen LogP contribution in [-0.4, -0.2) is 28.7 Å². The number of hydrogen-bond acceptors (Lipinski definition) is 3. The maximum atomic E-state index is 10.6. The average molecular weight is 140 g/mol. The van der Waals surface area contributed by atoms with Gasteiger partial charge >= 0.3 is 17.4 Å². The number of nitrogens with zero attached hydrogens (tertiary/aromatic N) is 2. The van der Waals surface area contributed by atoms with E-state index in [1.807, 2.05) is 0 Å². The molecule has 0 spiro atoms. The summed E-state index contributed by atoms with van der Waals surface area (Å²) in [6.07, 6.45) is 0. The van der Waals surface area contributed by atoms with Crippen LogP contribution in [0.2, 0.25) is 0 Å². The van der Waals surface area contributed by atoms with Crippen molar-refractivity contribution >= 4 is 17.4 Å². The van der Waals surface area contributed by atoms with E-state index in [1.54, 1.807) is 0 Å². The first kappa shape index (κ1) is 6.60. The van der Waals surface area contributed by atoms with E-state index in [0.29, 0.717) is 0 Å². The van der Waals surface area contributed by atoms with E-state index < -0.39 is 11.7 Å². The molecule has 10 heavy (non-hydrogen) atoms. The Morgan fingerprint density at radius 3 is 2.70 bits per heavy atom. The second kappa shape index (κ2) is 2.38. The first-order chi connectivity index (χ1) is 4.75. The quantitative estimate of drug-likeness (QED) is 0.228. The standard InChI is InChI=1S/C4H4N4O2/c5-7-2-1-6-8-4(10)3(2)9/h6H,1H2,(H,8,10). The minimum Gasteiger partial charge on any atom is -0.361 e. The third kappa shape index (κ3) is 0.928. The molecule has 1 heterocycles. The highest BCUT2D eigenvalue weighted by atomic mass is 16.2. The summed E-state index contributed by atoms with van der Waals surface area (Å²) in [6, 6.07) is 0. The maximum Gasteiger partial charge on any atom is 0.360 e. The normalized spacial score (nSPS) is 18.2. The Kier molecular flexibility index (Phi) is 1.57. The van der Waals surface area contributed by atoms with Gasteiger partial charge in [-0.15, -0.1) is 0 Å². The SMILES string of the molecule is [N-]=[N+]=C1CNNC(=O)C1=O. The number of amides is 1. The fourth-order valence-electron chi connectivity index (χ4n) is 0.557. The van der Waals surface area contributed by atoms with E-state index in [0.717, 1.165) is 0 Å². The lowest BCUT2D eigenvalue weighted by atomic mass is 10.2. The third-order valence-corrected chi connectivity index (χ3v) is 1.05. The van der Waals surface area contributed by atoms with Gasteiger partial charge in [-0.3, -0.25) is 15.0 Å². The average Bonchev–Trinajstić information content (AvgIpc) is 1.95. The van der Waals surface area contributed by atoms with Crippen LogP contribution in [0.5, 0.6) is 0 Å². The summed E-state index contributed by atoms with van der Waals surface area (Å²) in [4.78, 5) is 23.7. The predicted molar refractivity (Wildman–Crippen MR) is 29.8 cm³/mol. The Bertz CT molecular complexity index is 240. The van der Waals surface area contributed by atoms with Gasteiger partial charge in [0.1, 0.15) is 6.54 Å². The zero-order valence-corrected chi connectivity index (χ0v) is 4.92. The summed E-state index contributed by atoms with van der Waals surface area (Å²) in [5.74, 6) is -1.61. The Labute approximate surface area is 55.8 Å². The summed E-state index contributed by atoms with van der Waals surface area (Å²) < 4.78 is 0. The molecule has 0 aromatic carbocycles. The first-order valence-corrected chi connectivity index (χ1v) is 2.54. The van der Waals surface area contributed by atoms with Gasteiger partial charge < -0.3 is 5.53 Å². The second-order valence-corrected chi connectivity index (χ2v) is 1.68. The van der Waals surface area contributed by atoms with E-state index in [1.165, 1.54) is 0 Å². The number of nitrogens with one attached hydrogen (secondary N) is 2. The van der Waals surface area contributed by atoms with Crippen molar-refractivity contribution in [3.63, 3.8) is 0 Å². The van der Waals surface area contributed by atoms with Crippen molar-refractivity contribution in [2.45, 2.75) is 0 Å². The minimum absolute atomic E-state index is 0.0566. The summed E-state index contributed by atoms with van der Waals surface area (Å²) in [7, 11) is 0. The molecule has 1 rings (SSSR count). The molecule has 0 aliphatic carbocycles. The fraction of sp³-hybridized carbons (Fsp3) is 0.250. The number of hydrogen-bond donors (Lipinski definition) is 2. The van der Waals surface area contributed by atoms with Gasteiger partial charge in [0, 0.05) is 0 Å². The number of rotatable bonds is 0. The molecule has 0 unspecified atom stereocenters. The van der Waals surface area contributed by atoms with Crippen molar-refractivity contribution < 1.29 is 14.4 Å². The molecule has 6 nitrogen and oxygen atoms in total. The number of ketones is 1. The van der Waals surface area contributed by atoms with Gasteiger partial charge in [-0.05, 0) is 0 Å². The number of Topliss-reactive ketones (excluding diaryl/α,β-unsaturated/α-hetero) is 1. The molecule has 0 aromatic rings. The van der Waals surface area contributed by atoms with Gasteiger partial charge in [-0.25, -0.2) is 5.43 Å². The van der Waals surface area contributed by atoms with Crippen LogP contribution < -0.4 is 10.9 Å². The molecule has 0 aromatic heterocycles. The van der Waals surface area contributed by atoms with Crippen LogP contribution in [0.25, 0.3) is 5.53 Å². The van der Waals surface area contributed by atoms with Crippen LogP contribution in [0, 0.1) is 0 Å².